The first-order valence-corrected chi connectivity index (χ1v) is 6.40. The summed E-state index contributed by atoms with van der Waals surface area (Å²) in [5.41, 5.74) is 0.131. The highest BCUT2D eigenvalue weighted by atomic mass is 19.1. The summed E-state index contributed by atoms with van der Waals surface area (Å²) in [5, 5.41) is 0. The van der Waals surface area contributed by atoms with Gasteiger partial charge in [-0.05, 0) is 24.7 Å². The summed E-state index contributed by atoms with van der Waals surface area (Å²) < 4.78 is 25.2. The minimum absolute atomic E-state index is 0.131. The molecule has 1 saturated heterocycles. The van der Waals surface area contributed by atoms with E-state index in [-0.39, 0.29) is 11.2 Å². The van der Waals surface area contributed by atoms with Gasteiger partial charge in [0.05, 0.1) is 13.2 Å². The molecule has 2 atom stereocenters. The van der Waals surface area contributed by atoms with E-state index < -0.39 is 6.17 Å². The maximum Gasteiger partial charge on any atom is 0.168 e. The smallest absolute Gasteiger partial charge is 0.168 e. The van der Waals surface area contributed by atoms with Crippen molar-refractivity contribution in [3.05, 3.63) is 0 Å². The molecule has 3 rings (SSSR count). The van der Waals surface area contributed by atoms with Crippen LogP contribution in [0.2, 0.25) is 0 Å². The van der Waals surface area contributed by atoms with Gasteiger partial charge in [-0.2, -0.15) is 0 Å². The van der Waals surface area contributed by atoms with Crippen LogP contribution in [0, 0.1) is 17.3 Å². The number of hydrogen-bond acceptors (Lipinski definition) is 2. The van der Waals surface area contributed by atoms with Crippen LogP contribution in [0.15, 0.2) is 0 Å². The molecule has 0 aromatic heterocycles. The van der Waals surface area contributed by atoms with E-state index in [1.54, 1.807) is 0 Å². The van der Waals surface area contributed by atoms with Crippen molar-refractivity contribution in [3.63, 3.8) is 0 Å². The Morgan fingerprint density at radius 3 is 2.00 bits per heavy atom. The van der Waals surface area contributed by atoms with E-state index >= 15 is 0 Å². The van der Waals surface area contributed by atoms with Crippen LogP contribution < -0.4 is 0 Å². The Kier molecular flexibility index (Phi) is 2.35. The maximum absolute atomic E-state index is 13.2. The van der Waals surface area contributed by atoms with Crippen LogP contribution in [0.3, 0.4) is 0 Å². The number of rotatable bonds is 0. The minimum Gasteiger partial charge on any atom is -0.349 e. The van der Waals surface area contributed by atoms with Gasteiger partial charge in [0.15, 0.2) is 5.79 Å². The third kappa shape index (κ3) is 1.78. The highest BCUT2D eigenvalue weighted by molar-refractivity contribution is 4.98. The minimum atomic E-state index is -0.576. The molecule has 0 amide bonds. The van der Waals surface area contributed by atoms with Crippen LogP contribution in [-0.2, 0) is 9.47 Å². The first-order chi connectivity index (χ1) is 7.48. The quantitative estimate of drug-likeness (QED) is 0.634. The second-order valence-corrected chi connectivity index (χ2v) is 6.65. The lowest BCUT2D eigenvalue weighted by Crippen LogP contribution is -2.46. The zero-order valence-corrected chi connectivity index (χ0v) is 10.2. The lowest BCUT2D eigenvalue weighted by atomic mass is 9.94. The summed E-state index contributed by atoms with van der Waals surface area (Å²) >= 11 is 0. The van der Waals surface area contributed by atoms with Crippen molar-refractivity contribution >= 4 is 0 Å². The highest BCUT2D eigenvalue weighted by Gasteiger charge is 2.53. The Hall–Kier alpha value is -0.150. The van der Waals surface area contributed by atoms with Crippen molar-refractivity contribution in [1.82, 2.24) is 0 Å². The van der Waals surface area contributed by atoms with Crippen LogP contribution >= 0.6 is 0 Å². The van der Waals surface area contributed by atoms with E-state index in [0.29, 0.717) is 11.8 Å². The molecule has 1 heterocycles. The standard InChI is InChI=1S/C13H21FO2/c1-12(2)7-15-13(16-8-12)5-9-3-11(14)4-10(9)6-13/h9-11H,3-8H2,1-2H3. The summed E-state index contributed by atoms with van der Waals surface area (Å²) in [4.78, 5) is 0. The van der Waals surface area contributed by atoms with Gasteiger partial charge in [0, 0.05) is 18.3 Å². The molecule has 1 aliphatic heterocycles. The first-order valence-electron chi connectivity index (χ1n) is 6.40. The third-order valence-corrected chi connectivity index (χ3v) is 4.38. The predicted molar refractivity (Wildman–Crippen MR) is 58.8 cm³/mol. The monoisotopic (exact) mass is 228 g/mol. The molecule has 1 spiro atoms. The fourth-order valence-electron chi connectivity index (χ4n) is 3.49. The van der Waals surface area contributed by atoms with Gasteiger partial charge < -0.3 is 9.47 Å². The molecule has 2 nitrogen and oxygen atoms in total. The molecule has 0 aromatic rings. The Morgan fingerprint density at radius 2 is 1.50 bits per heavy atom. The SMILES string of the molecule is CC1(C)COC2(CC3CC(F)CC3C2)OC1. The van der Waals surface area contributed by atoms with Crippen LogP contribution in [0.5, 0.6) is 0 Å². The van der Waals surface area contributed by atoms with E-state index in [1.807, 2.05) is 0 Å². The Morgan fingerprint density at radius 1 is 1.00 bits per heavy atom. The second kappa shape index (κ2) is 3.42. The number of halogens is 1. The van der Waals surface area contributed by atoms with E-state index in [2.05, 4.69) is 13.8 Å². The van der Waals surface area contributed by atoms with Crippen LogP contribution in [0.4, 0.5) is 4.39 Å². The van der Waals surface area contributed by atoms with Gasteiger partial charge >= 0.3 is 0 Å². The molecule has 16 heavy (non-hydrogen) atoms. The van der Waals surface area contributed by atoms with Gasteiger partial charge in [-0.3, -0.25) is 0 Å². The highest BCUT2D eigenvalue weighted by Crippen LogP contribution is 2.53. The van der Waals surface area contributed by atoms with Gasteiger partial charge in [-0.25, -0.2) is 4.39 Å². The molecule has 3 aliphatic rings. The molecule has 2 aliphatic carbocycles. The van der Waals surface area contributed by atoms with Crippen LogP contribution in [-0.4, -0.2) is 25.2 Å². The topological polar surface area (TPSA) is 18.5 Å². The Balaban J connectivity index is 1.66. The van der Waals surface area contributed by atoms with Crippen molar-refractivity contribution in [2.24, 2.45) is 17.3 Å². The molecular weight excluding hydrogens is 207 g/mol. The molecule has 2 unspecified atom stereocenters. The summed E-state index contributed by atoms with van der Waals surface area (Å²) in [6, 6.07) is 0. The Bertz CT molecular complexity index is 264. The van der Waals surface area contributed by atoms with Crippen molar-refractivity contribution in [1.29, 1.82) is 0 Å². The molecule has 0 N–H and O–H groups in total. The molecule has 2 saturated carbocycles. The maximum atomic E-state index is 13.2. The van der Waals surface area contributed by atoms with Crippen molar-refractivity contribution in [2.75, 3.05) is 13.2 Å². The first kappa shape index (κ1) is 11.0. The van der Waals surface area contributed by atoms with E-state index in [9.17, 15) is 4.39 Å². The van der Waals surface area contributed by atoms with E-state index in [1.165, 1.54) is 0 Å². The van der Waals surface area contributed by atoms with Crippen molar-refractivity contribution < 1.29 is 13.9 Å². The molecule has 3 heteroatoms. The third-order valence-electron chi connectivity index (χ3n) is 4.38. The van der Waals surface area contributed by atoms with Gasteiger partial charge in [0.2, 0.25) is 0 Å². The van der Waals surface area contributed by atoms with E-state index in [4.69, 9.17) is 9.47 Å². The van der Waals surface area contributed by atoms with Crippen LogP contribution in [0.25, 0.3) is 0 Å². The zero-order chi connectivity index (χ0) is 11.4. The summed E-state index contributed by atoms with van der Waals surface area (Å²) in [5.74, 6) is 0.637. The summed E-state index contributed by atoms with van der Waals surface area (Å²) in [7, 11) is 0. The lowest BCUT2D eigenvalue weighted by molar-refractivity contribution is -0.297. The normalized spacial score (nSPS) is 44.8. The second-order valence-electron chi connectivity index (χ2n) is 6.65. The molecule has 3 fully saturated rings. The molecule has 0 bridgehead atoms. The largest absolute Gasteiger partial charge is 0.349 e. The summed E-state index contributed by atoms with van der Waals surface area (Å²) in [6.07, 6.45) is 2.69. The van der Waals surface area contributed by atoms with Gasteiger partial charge in [-0.1, -0.05) is 13.8 Å². The fourth-order valence-corrected chi connectivity index (χ4v) is 3.49. The fraction of sp³-hybridized carbons (Fsp3) is 1.00. The number of fused-ring (bicyclic) bond motifs is 1. The molecule has 0 aromatic carbocycles. The van der Waals surface area contributed by atoms with Gasteiger partial charge in [0.1, 0.15) is 6.17 Å². The van der Waals surface area contributed by atoms with Crippen molar-refractivity contribution in [2.45, 2.75) is 51.5 Å². The zero-order valence-electron chi connectivity index (χ0n) is 10.2. The number of ether oxygens (including phenoxy) is 2. The average molecular weight is 228 g/mol. The Labute approximate surface area is 96.5 Å². The van der Waals surface area contributed by atoms with E-state index in [0.717, 1.165) is 38.9 Å². The molecule has 0 radical (unpaired) electrons. The number of alkyl halides is 1. The van der Waals surface area contributed by atoms with Gasteiger partial charge in [-0.15, -0.1) is 0 Å². The molecular formula is C13H21FO2. The summed E-state index contributed by atoms with van der Waals surface area (Å²) in [6.45, 7) is 5.86. The van der Waals surface area contributed by atoms with Crippen molar-refractivity contribution in [3.8, 4) is 0 Å². The van der Waals surface area contributed by atoms with Crippen LogP contribution in [0.1, 0.15) is 39.5 Å². The predicted octanol–water partition coefficient (Wildman–Crippen LogP) is 2.91. The number of hydrogen-bond donors (Lipinski definition) is 0. The average Bonchev–Trinajstić information content (AvgIpc) is 2.66. The molecule has 92 valence electrons. The van der Waals surface area contributed by atoms with Gasteiger partial charge in [0.25, 0.3) is 0 Å². The lowest BCUT2D eigenvalue weighted by Gasteiger charge is -2.42.